The topological polar surface area (TPSA) is 108 Å². The summed E-state index contributed by atoms with van der Waals surface area (Å²) in [5, 5.41) is 14.9. The van der Waals surface area contributed by atoms with Gasteiger partial charge in [-0.1, -0.05) is 30.1 Å². The molecule has 1 aliphatic rings. The first-order valence-electron chi connectivity index (χ1n) is 7.13. The molecule has 23 heavy (non-hydrogen) atoms. The standard InChI is InChI=1S/C15H16N4O3.ClH/c16-15(9-3-4-10-15)14-17-13(22-18-14)8-7-11-5-1-2-6-12(11)19(20)21;/h1-2,5-8H,3-4,9-10,16H2;1H/b8-7+;. The molecule has 122 valence electrons. The van der Waals surface area contributed by atoms with Gasteiger partial charge in [-0.15, -0.1) is 12.4 Å². The Labute approximate surface area is 139 Å². The van der Waals surface area contributed by atoms with Gasteiger partial charge < -0.3 is 10.3 Å². The first kappa shape index (κ1) is 17.1. The van der Waals surface area contributed by atoms with E-state index in [9.17, 15) is 10.1 Å². The van der Waals surface area contributed by atoms with Crippen LogP contribution in [0.4, 0.5) is 5.69 Å². The van der Waals surface area contributed by atoms with Crippen LogP contribution in [0.25, 0.3) is 12.2 Å². The summed E-state index contributed by atoms with van der Waals surface area (Å²) >= 11 is 0. The van der Waals surface area contributed by atoms with Gasteiger partial charge in [-0.05, 0) is 25.0 Å². The van der Waals surface area contributed by atoms with Crippen molar-refractivity contribution in [3.63, 3.8) is 0 Å². The van der Waals surface area contributed by atoms with E-state index in [0.29, 0.717) is 17.3 Å². The highest BCUT2D eigenvalue weighted by Crippen LogP contribution is 2.34. The van der Waals surface area contributed by atoms with Gasteiger partial charge in [-0.3, -0.25) is 10.1 Å². The smallest absolute Gasteiger partial charge is 0.276 e. The lowest BCUT2D eigenvalue weighted by atomic mass is 9.99. The molecule has 1 saturated carbocycles. The van der Waals surface area contributed by atoms with Gasteiger partial charge in [-0.2, -0.15) is 4.98 Å². The van der Waals surface area contributed by atoms with E-state index in [1.165, 1.54) is 6.07 Å². The third kappa shape index (κ3) is 3.57. The lowest BCUT2D eigenvalue weighted by Gasteiger charge is -2.17. The van der Waals surface area contributed by atoms with Crippen LogP contribution in [0.1, 0.15) is 43.0 Å². The van der Waals surface area contributed by atoms with E-state index >= 15 is 0 Å². The van der Waals surface area contributed by atoms with Gasteiger partial charge in [0.1, 0.15) is 0 Å². The Hall–Kier alpha value is -2.25. The van der Waals surface area contributed by atoms with E-state index in [4.69, 9.17) is 10.3 Å². The van der Waals surface area contributed by atoms with Gasteiger partial charge in [0.15, 0.2) is 5.82 Å². The van der Waals surface area contributed by atoms with Gasteiger partial charge in [0.2, 0.25) is 0 Å². The summed E-state index contributed by atoms with van der Waals surface area (Å²) in [4.78, 5) is 14.8. The molecular weight excluding hydrogens is 320 g/mol. The number of nitro benzene ring substituents is 1. The number of halogens is 1. The van der Waals surface area contributed by atoms with Crippen LogP contribution in [0, 0.1) is 10.1 Å². The van der Waals surface area contributed by atoms with Crippen LogP contribution in [0.2, 0.25) is 0 Å². The van der Waals surface area contributed by atoms with E-state index in [-0.39, 0.29) is 18.1 Å². The zero-order chi connectivity index (χ0) is 15.6. The molecule has 1 fully saturated rings. The molecule has 0 atom stereocenters. The molecule has 1 aromatic heterocycles. The van der Waals surface area contributed by atoms with E-state index in [2.05, 4.69) is 10.1 Å². The van der Waals surface area contributed by atoms with Crippen LogP contribution in [0.15, 0.2) is 28.8 Å². The number of para-hydroxylation sites is 1. The van der Waals surface area contributed by atoms with Gasteiger partial charge in [0, 0.05) is 12.1 Å². The van der Waals surface area contributed by atoms with Crippen LogP contribution in [0.3, 0.4) is 0 Å². The predicted molar refractivity (Wildman–Crippen MR) is 87.9 cm³/mol. The minimum Gasteiger partial charge on any atom is -0.335 e. The quantitative estimate of drug-likeness (QED) is 0.677. The number of rotatable bonds is 4. The van der Waals surface area contributed by atoms with Crippen LogP contribution >= 0.6 is 12.4 Å². The van der Waals surface area contributed by atoms with Crippen molar-refractivity contribution >= 4 is 30.2 Å². The SMILES string of the molecule is Cl.NC1(c2noc(/C=C/c3ccccc3[N+](=O)[O-])n2)CCCC1. The van der Waals surface area contributed by atoms with Crippen molar-refractivity contribution in [1.82, 2.24) is 10.1 Å². The Bertz CT molecular complexity index is 723. The maximum absolute atomic E-state index is 11.0. The number of benzene rings is 1. The van der Waals surface area contributed by atoms with Crippen molar-refractivity contribution in [3.8, 4) is 0 Å². The normalized spacial score (nSPS) is 16.4. The largest absolute Gasteiger partial charge is 0.335 e. The van der Waals surface area contributed by atoms with Gasteiger partial charge >= 0.3 is 0 Å². The molecule has 0 radical (unpaired) electrons. The summed E-state index contributed by atoms with van der Waals surface area (Å²) in [5.74, 6) is 0.803. The fourth-order valence-electron chi connectivity index (χ4n) is 2.69. The number of hydrogen-bond acceptors (Lipinski definition) is 6. The number of aromatic nitrogens is 2. The first-order chi connectivity index (χ1) is 10.6. The molecule has 2 aromatic rings. The highest BCUT2D eigenvalue weighted by molar-refractivity contribution is 5.85. The van der Waals surface area contributed by atoms with Gasteiger partial charge in [0.25, 0.3) is 11.6 Å². The number of hydrogen-bond donors (Lipinski definition) is 1. The lowest BCUT2D eigenvalue weighted by molar-refractivity contribution is -0.385. The summed E-state index contributed by atoms with van der Waals surface area (Å²) in [6.07, 6.45) is 6.98. The lowest BCUT2D eigenvalue weighted by Crippen LogP contribution is -2.34. The number of nitrogens with two attached hydrogens (primary N) is 1. The second-order valence-corrected chi connectivity index (χ2v) is 5.47. The monoisotopic (exact) mass is 336 g/mol. The maximum Gasteiger partial charge on any atom is 0.276 e. The fraction of sp³-hybridized carbons (Fsp3) is 0.333. The second-order valence-electron chi connectivity index (χ2n) is 5.47. The Kier molecular flexibility index (Phi) is 5.12. The minimum atomic E-state index is -0.506. The van der Waals surface area contributed by atoms with Crippen LogP contribution in [0.5, 0.6) is 0 Å². The number of nitrogens with zero attached hydrogens (tertiary/aromatic N) is 3. The third-order valence-corrected chi connectivity index (χ3v) is 3.92. The first-order valence-corrected chi connectivity index (χ1v) is 7.13. The molecule has 0 spiro atoms. The molecule has 0 saturated heterocycles. The van der Waals surface area contributed by atoms with Crippen molar-refractivity contribution < 1.29 is 9.45 Å². The molecule has 1 heterocycles. The summed E-state index contributed by atoms with van der Waals surface area (Å²) in [6.45, 7) is 0. The Morgan fingerprint density at radius 2 is 1.96 bits per heavy atom. The van der Waals surface area contributed by atoms with Gasteiger partial charge in [0.05, 0.1) is 16.0 Å². The highest BCUT2D eigenvalue weighted by atomic mass is 35.5. The summed E-state index contributed by atoms with van der Waals surface area (Å²) in [6, 6.07) is 6.47. The fourth-order valence-corrected chi connectivity index (χ4v) is 2.69. The maximum atomic E-state index is 11.0. The van der Waals surface area contributed by atoms with E-state index in [1.54, 1.807) is 30.4 Å². The van der Waals surface area contributed by atoms with E-state index in [0.717, 1.165) is 25.7 Å². The molecule has 1 aliphatic carbocycles. The molecular formula is C15H17ClN4O3. The van der Waals surface area contributed by atoms with E-state index < -0.39 is 10.5 Å². The summed E-state index contributed by atoms with van der Waals surface area (Å²) in [5.41, 5.74) is 6.27. The average molecular weight is 337 g/mol. The second kappa shape index (κ2) is 6.89. The third-order valence-electron chi connectivity index (χ3n) is 3.92. The molecule has 0 amide bonds. The Morgan fingerprint density at radius 1 is 1.26 bits per heavy atom. The average Bonchev–Trinajstić information content (AvgIpc) is 3.15. The molecule has 1 aromatic carbocycles. The zero-order valence-electron chi connectivity index (χ0n) is 12.3. The van der Waals surface area contributed by atoms with Crippen LogP contribution < -0.4 is 5.73 Å². The Balaban J connectivity index is 0.00000192. The molecule has 8 heteroatoms. The van der Waals surface area contributed by atoms with Crippen LogP contribution in [-0.2, 0) is 5.54 Å². The zero-order valence-corrected chi connectivity index (χ0v) is 13.2. The Morgan fingerprint density at radius 3 is 2.65 bits per heavy atom. The summed E-state index contributed by atoms with van der Waals surface area (Å²) < 4.78 is 5.17. The van der Waals surface area contributed by atoms with Crippen molar-refractivity contribution in [2.24, 2.45) is 5.73 Å². The van der Waals surface area contributed by atoms with Crippen molar-refractivity contribution in [2.45, 2.75) is 31.2 Å². The van der Waals surface area contributed by atoms with Crippen molar-refractivity contribution in [3.05, 3.63) is 51.7 Å². The predicted octanol–water partition coefficient (Wildman–Crippen LogP) is 3.30. The minimum absolute atomic E-state index is 0. The highest BCUT2D eigenvalue weighted by Gasteiger charge is 2.35. The molecule has 0 unspecified atom stereocenters. The van der Waals surface area contributed by atoms with Crippen molar-refractivity contribution in [2.75, 3.05) is 0 Å². The summed E-state index contributed by atoms with van der Waals surface area (Å²) in [7, 11) is 0. The van der Waals surface area contributed by atoms with E-state index in [1.807, 2.05) is 0 Å². The molecule has 2 N–H and O–H groups in total. The molecule has 0 bridgehead atoms. The molecule has 7 nitrogen and oxygen atoms in total. The van der Waals surface area contributed by atoms with Crippen molar-refractivity contribution in [1.29, 1.82) is 0 Å². The number of nitro groups is 1. The molecule has 3 rings (SSSR count). The van der Waals surface area contributed by atoms with Crippen LogP contribution in [-0.4, -0.2) is 15.1 Å². The van der Waals surface area contributed by atoms with Gasteiger partial charge in [-0.25, -0.2) is 0 Å². The molecule has 0 aliphatic heterocycles.